The minimum atomic E-state index is 0.715. The van der Waals surface area contributed by atoms with Gasteiger partial charge in [0.15, 0.2) is 0 Å². The monoisotopic (exact) mass is 173 g/mol. The van der Waals surface area contributed by atoms with Crippen molar-refractivity contribution in [2.24, 2.45) is 0 Å². The van der Waals surface area contributed by atoms with E-state index in [1.165, 1.54) is 25.7 Å². The van der Waals surface area contributed by atoms with Crippen LogP contribution >= 0.6 is 24.0 Å². The van der Waals surface area contributed by atoms with Crippen LogP contribution in [-0.2, 0) is 0 Å². The summed E-state index contributed by atoms with van der Waals surface area (Å²) in [6, 6.07) is 0.715. The molecule has 2 atom stereocenters. The Morgan fingerprint density at radius 2 is 2.40 bits per heavy atom. The SMILES string of the molecule is S=C1N[C@H]2CCC[C@@H](C2)S1. The summed E-state index contributed by atoms with van der Waals surface area (Å²) in [5.41, 5.74) is 0. The Morgan fingerprint density at radius 1 is 1.50 bits per heavy atom. The highest BCUT2D eigenvalue weighted by molar-refractivity contribution is 8.23. The van der Waals surface area contributed by atoms with Crippen molar-refractivity contribution in [3.05, 3.63) is 0 Å². The van der Waals surface area contributed by atoms with E-state index in [-0.39, 0.29) is 0 Å². The summed E-state index contributed by atoms with van der Waals surface area (Å²) in [6.45, 7) is 0. The average Bonchev–Trinajstić information content (AvgIpc) is 1.85. The largest absolute Gasteiger partial charge is 0.368 e. The molecule has 0 spiro atoms. The second kappa shape index (κ2) is 2.70. The van der Waals surface area contributed by atoms with Crippen LogP contribution in [-0.4, -0.2) is 15.6 Å². The van der Waals surface area contributed by atoms with Gasteiger partial charge >= 0.3 is 0 Å². The molecule has 1 aliphatic heterocycles. The number of nitrogens with one attached hydrogen (secondary N) is 1. The summed E-state index contributed by atoms with van der Waals surface area (Å²) >= 11 is 6.97. The van der Waals surface area contributed by atoms with Gasteiger partial charge in [-0.05, 0) is 19.3 Å². The van der Waals surface area contributed by atoms with Crippen molar-refractivity contribution in [3.63, 3.8) is 0 Å². The maximum absolute atomic E-state index is 5.11. The van der Waals surface area contributed by atoms with Gasteiger partial charge in [0.05, 0.1) is 0 Å². The number of thioether (sulfide) groups is 1. The molecule has 0 unspecified atom stereocenters. The molecule has 1 N–H and O–H groups in total. The molecular formula is C7H11NS2. The number of thiocarbonyl (C=S) groups is 1. The van der Waals surface area contributed by atoms with Gasteiger partial charge in [0, 0.05) is 11.3 Å². The summed E-state index contributed by atoms with van der Waals surface area (Å²) < 4.78 is 1.03. The molecule has 1 saturated carbocycles. The lowest BCUT2D eigenvalue weighted by molar-refractivity contribution is 0.419. The Labute approximate surface area is 70.9 Å². The van der Waals surface area contributed by atoms with Crippen molar-refractivity contribution in [2.75, 3.05) is 0 Å². The maximum Gasteiger partial charge on any atom is 0.134 e. The van der Waals surface area contributed by atoms with Crippen molar-refractivity contribution < 1.29 is 0 Å². The Balaban J connectivity index is 2.05. The summed E-state index contributed by atoms with van der Waals surface area (Å²) in [7, 11) is 0. The van der Waals surface area contributed by atoms with Gasteiger partial charge in [0.1, 0.15) is 4.32 Å². The third-order valence-electron chi connectivity index (χ3n) is 2.22. The molecule has 10 heavy (non-hydrogen) atoms. The molecule has 0 radical (unpaired) electrons. The lowest BCUT2D eigenvalue weighted by Gasteiger charge is -2.35. The number of fused-ring (bicyclic) bond motifs is 2. The maximum atomic E-state index is 5.11. The summed E-state index contributed by atoms with van der Waals surface area (Å²) in [4.78, 5) is 0. The van der Waals surface area contributed by atoms with E-state index in [9.17, 15) is 0 Å². The first-order chi connectivity index (χ1) is 4.84. The average molecular weight is 173 g/mol. The molecule has 0 aromatic rings. The minimum Gasteiger partial charge on any atom is -0.368 e. The van der Waals surface area contributed by atoms with Crippen molar-refractivity contribution in [1.82, 2.24) is 5.32 Å². The van der Waals surface area contributed by atoms with E-state index >= 15 is 0 Å². The molecule has 2 fully saturated rings. The first kappa shape index (κ1) is 6.92. The summed E-state index contributed by atoms with van der Waals surface area (Å²) in [6.07, 6.45) is 5.43. The quantitative estimate of drug-likeness (QED) is 0.562. The van der Waals surface area contributed by atoms with E-state index in [1.54, 1.807) is 0 Å². The van der Waals surface area contributed by atoms with Crippen molar-refractivity contribution >= 4 is 28.3 Å². The fourth-order valence-electron chi connectivity index (χ4n) is 1.74. The Hall–Kier alpha value is 0.240. The van der Waals surface area contributed by atoms with Gasteiger partial charge in [-0.2, -0.15) is 0 Å². The predicted octanol–water partition coefficient (Wildman–Crippen LogP) is 1.92. The molecule has 0 aromatic carbocycles. The van der Waals surface area contributed by atoms with Crippen LogP contribution in [0, 0.1) is 0 Å². The van der Waals surface area contributed by atoms with Crippen molar-refractivity contribution in [1.29, 1.82) is 0 Å². The van der Waals surface area contributed by atoms with Gasteiger partial charge in [0.2, 0.25) is 0 Å². The second-order valence-corrected chi connectivity index (χ2v) is 5.01. The highest BCUT2D eigenvalue weighted by atomic mass is 32.2. The first-order valence-electron chi connectivity index (χ1n) is 3.82. The van der Waals surface area contributed by atoms with Crippen LogP contribution < -0.4 is 5.32 Å². The molecule has 3 heteroatoms. The zero-order valence-corrected chi connectivity index (χ0v) is 7.43. The molecule has 1 saturated heterocycles. The molecule has 0 aromatic heterocycles. The van der Waals surface area contributed by atoms with Gasteiger partial charge in [-0.15, -0.1) is 0 Å². The van der Waals surface area contributed by atoms with E-state index in [0.717, 1.165) is 9.57 Å². The van der Waals surface area contributed by atoms with Crippen molar-refractivity contribution in [3.8, 4) is 0 Å². The van der Waals surface area contributed by atoms with Gasteiger partial charge in [-0.1, -0.05) is 30.4 Å². The molecule has 56 valence electrons. The Morgan fingerprint density at radius 3 is 3.20 bits per heavy atom. The fraction of sp³-hybridized carbons (Fsp3) is 0.857. The fourth-order valence-corrected chi connectivity index (χ4v) is 3.46. The molecule has 2 rings (SSSR count). The lowest BCUT2D eigenvalue weighted by Crippen LogP contribution is -2.42. The van der Waals surface area contributed by atoms with Crippen LogP contribution in [0.25, 0.3) is 0 Å². The van der Waals surface area contributed by atoms with E-state index in [2.05, 4.69) is 5.32 Å². The molecule has 1 aliphatic carbocycles. The summed E-state index contributed by atoms with van der Waals surface area (Å²) in [5.74, 6) is 0. The molecule has 2 bridgehead atoms. The van der Waals surface area contributed by atoms with E-state index in [1.807, 2.05) is 11.8 Å². The van der Waals surface area contributed by atoms with Gasteiger partial charge in [-0.3, -0.25) is 0 Å². The number of rotatable bonds is 0. The van der Waals surface area contributed by atoms with Crippen LogP contribution in [0.3, 0.4) is 0 Å². The topological polar surface area (TPSA) is 12.0 Å². The Kier molecular flexibility index (Phi) is 1.87. The zero-order valence-electron chi connectivity index (χ0n) is 5.80. The second-order valence-electron chi connectivity index (χ2n) is 3.04. The van der Waals surface area contributed by atoms with E-state index in [4.69, 9.17) is 12.2 Å². The van der Waals surface area contributed by atoms with E-state index in [0.29, 0.717) is 6.04 Å². The third kappa shape index (κ3) is 1.30. The van der Waals surface area contributed by atoms with Gasteiger partial charge < -0.3 is 5.32 Å². The molecule has 1 nitrogen and oxygen atoms in total. The van der Waals surface area contributed by atoms with Crippen LogP contribution in [0.15, 0.2) is 0 Å². The molecule has 2 aliphatic rings. The number of hydrogen-bond acceptors (Lipinski definition) is 2. The highest BCUT2D eigenvalue weighted by Crippen LogP contribution is 2.33. The summed E-state index contributed by atoms with van der Waals surface area (Å²) in [5, 5.41) is 4.18. The van der Waals surface area contributed by atoms with Crippen molar-refractivity contribution in [2.45, 2.75) is 37.0 Å². The van der Waals surface area contributed by atoms with Crippen LogP contribution in [0.5, 0.6) is 0 Å². The standard InChI is InChI=1S/C7H11NS2/c9-7-8-5-2-1-3-6(4-5)10-7/h5-6H,1-4H2,(H,8,9)/t5-,6-/m0/s1. The zero-order chi connectivity index (χ0) is 6.97. The van der Waals surface area contributed by atoms with Crippen LogP contribution in [0.1, 0.15) is 25.7 Å². The molecular weight excluding hydrogens is 162 g/mol. The van der Waals surface area contributed by atoms with Crippen LogP contribution in [0.4, 0.5) is 0 Å². The normalized spacial score (nSPS) is 39.0. The Bertz CT molecular complexity index is 144. The first-order valence-corrected chi connectivity index (χ1v) is 5.10. The minimum absolute atomic E-state index is 0.715. The molecule has 0 amide bonds. The highest BCUT2D eigenvalue weighted by Gasteiger charge is 2.28. The smallest absolute Gasteiger partial charge is 0.134 e. The predicted molar refractivity (Wildman–Crippen MR) is 49.4 cm³/mol. The lowest BCUT2D eigenvalue weighted by atomic mass is 9.95. The molecule has 1 heterocycles. The third-order valence-corrected chi connectivity index (χ3v) is 3.72. The van der Waals surface area contributed by atoms with Gasteiger partial charge in [0.25, 0.3) is 0 Å². The van der Waals surface area contributed by atoms with Crippen LogP contribution in [0.2, 0.25) is 0 Å². The van der Waals surface area contributed by atoms with E-state index < -0.39 is 0 Å². The van der Waals surface area contributed by atoms with Gasteiger partial charge in [-0.25, -0.2) is 0 Å². The number of hydrogen-bond donors (Lipinski definition) is 1.